The molecule has 2 N–H and O–H groups in total. The quantitative estimate of drug-likeness (QED) is 0.519. The third-order valence-corrected chi connectivity index (χ3v) is 7.42. The van der Waals surface area contributed by atoms with Crippen LogP contribution in [-0.2, 0) is 16.6 Å². The number of halogens is 3. The molecule has 2 heterocycles. The smallest absolute Gasteiger partial charge is 0.357 e. The largest absolute Gasteiger partial charge is 0.390 e. The van der Waals surface area contributed by atoms with E-state index in [0.29, 0.717) is 19.6 Å². The number of thiophene rings is 1. The first-order chi connectivity index (χ1) is 12.7. The summed E-state index contributed by atoms with van der Waals surface area (Å²) in [7, 11) is -3.47. The number of hydrogen-bond donors (Lipinski definition) is 2. The molecule has 1 aromatic heterocycles. The molecule has 0 aromatic carbocycles. The van der Waals surface area contributed by atoms with Crippen molar-refractivity contribution in [2.75, 3.05) is 26.2 Å². The lowest BCUT2D eigenvalue weighted by Crippen LogP contribution is -2.38. The summed E-state index contributed by atoms with van der Waals surface area (Å²) in [6.07, 6.45) is -2.38. The fourth-order valence-electron chi connectivity index (χ4n) is 2.64. The van der Waals surface area contributed by atoms with Gasteiger partial charge in [0.25, 0.3) is 10.0 Å². The van der Waals surface area contributed by atoms with Crippen LogP contribution in [0.1, 0.15) is 37.5 Å². The zero-order chi connectivity index (χ0) is 19.9. The van der Waals surface area contributed by atoms with Crippen LogP contribution in [0, 0.1) is 0 Å². The molecule has 6 nitrogen and oxygen atoms in total. The van der Waals surface area contributed by atoms with Gasteiger partial charge in [0, 0.05) is 31.1 Å². The average molecular weight is 427 g/mol. The van der Waals surface area contributed by atoms with Gasteiger partial charge in [-0.2, -0.15) is 17.5 Å². The maximum atomic E-state index is 12.6. The number of alkyl halides is 3. The molecule has 1 aliphatic heterocycles. The predicted molar refractivity (Wildman–Crippen MR) is 100 cm³/mol. The van der Waals surface area contributed by atoms with E-state index in [-0.39, 0.29) is 23.3 Å². The van der Waals surface area contributed by atoms with E-state index in [1.165, 1.54) is 4.31 Å². The third-order valence-electron chi connectivity index (χ3n) is 3.98. The summed E-state index contributed by atoms with van der Waals surface area (Å²) in [5.74, 6) is 0.274. The van der Waals surface area contributed by atoms with Crippen LogP contribution in [0.25, 0.3) is 0 Å². The molecule has 0 spiro atoms. The molecule has 0 atom stereocenters. The van der Waals surface area contributed by atoms with Crippen molar-refractivity contribution in [2.45, 2.75) is 49.5 Å². The molecule has 27 heavy (non-hydrogen) atoms. The minimum atomic E-state index is -4.23. The number of rotatable bonds is 7. The lowest BCUT2D eigenvalue weighted by Gasteiger charge is -2.25. The first kappa shape index (κ1) is 22.0. The molecule has 0 amide bonds. The molecule has 1 aliphatic rings. The SMILES string of the molecule is CCNC(=NCc1ccc(S(=O)(=O)N2CCCCC2)s1)NCCC(F)(F)F. The Morgan fingerprint density at radius 3 is 2.56 bits per heavy atom. The Morgan fingerprint density at radius 1 is 1.22 bits per heavy atom. The summed E-state index contributed by atoms with van der Waals surface area (Å²) in [4.78, 5) is 4.98. The van der Waals surface area contributed by atoms with Gasteiger partial charge in [0.15, 0.2) is 5.96 Å². The number of nitrogens with one attached hydrogen (secondary N) is 2. The fourth-order valence-corrected chi connectivity index (χ4v) is 5.59. The highest BCUT2D eigenvalue weighted by atomic mass is 32.2. The van der Waals surface area contributed by atoms with E-state index < -0.39 is 22.6 Å². The van der Waals surface area contributed by atoms with Crippen LogP contribution in [0.5, 0.6) is 0 Å². The molecule has 154 valence electrons. The predicted octanol–water partition coefficient (Wildman–Crippen LogP) is 2.93. The van der Waals surface area contributed by atoms with Gasteiger partial charge < -0.3 is 10.6 Å². The molecule has 0 aliphatic carbocycles. The number of hydrogen-bond acceptors (Lipinski definition) is 4. The average Bonchev–Trinajstić information content (AvgIpc) is 3.09. The molecule has 1 saturated heterocycles. The summed E-state index contributed by atoms with van der Waals surface area (Å²) in [5.41, 5.74) is 0. The van der Waals surface area contributed by atoms with Crippen LogP contribution in [0.15, 0.2) is 21.3 Å². The second-order valence-electron chi connectivity index (χ2n) is 6.17. The molecule has 0 saturated carbocycles. The lowest BCUT2D eigenvalue weighted by molar-refractivity contribution is -0.132. The van der Waals surface area contributed by atoms with Crippen molar-refractivity contribution in [3.05, 3.63) is 17.0 Å². The number of aliphatic imine (C=N–C) groups is 1. The second-order valence-corrected chi connectivity index (χ2v) is 9.51. The van der Waals surface area contributed by atoms with E-state index in [4.69, 9.17) is 0 Å². The Balaban J connectivity index is 1.98. The standard InChI is InChI=1S/C16H25F3N4O2S2/c1-2-20-15(21-9-8-16(17,18)19)22-12-13-6-7-14(26-13)27(24,25)23-10-4-3-5-11-23/h6-7H,2-5,8-12H2,1H3,(H2,20,21,22). The minimum Gasteiger partial charge on any atom is -0.357 e. The van der Waals surface area contributed by atoms with Gasteiger partial charge >= 0.3 is 6.18 Å². The van der Waals surface area contributed by atoms with Crippen LogP contribution in [0.4, 0.5) is 13.2 Å². The van der Waals surface area contributed by atoms with Crippen LogP contribution in [0.3, 0.4) is 0 Å². The lowest BCUT2D eigenvalue weighted by atomic mass is 10.2. The Hall–Kier alpha value is -1.33. The monoisotopic (exact) mass is 426 g/mol. The first-order valence-corrected chi connectivity index (χ1v) is 11.2. The number of sulfonamides is 1. The zero-order valence-electron chi connectivity index (χ0n) is 15.2. The summed E-state index contributed by atoms with van der Waals surface area (Å²) in [6.45, 7) is 3.34. The Kier molecular flexibility index (Phi) is 7.92. The van der Waals surface area contributed by atoms with E-state index in [9.17, 15) is 21.6 Å². The van der Waals surface area contributed by atoms with Crippen molar-refractivity contribution in [1.82, 2.24) is 14.9 Å². The van der Waals surface area contributed by atoms with Crippen molar-refractivity contribution in [1.29, 1.82) is 0 Å². The first-order valence-electron chi connectivity index (χ1n) is 8.90. The maximum Gasteiger partial charge on any atom is 0.390 e. The van der Waals surface area contributed by atoms with E-state index in [1.807, 2.05) is 6.92 Å². The fraction of sp³-hybridized carbons (Fsp3) is 0.688. The Bertz CT molecular complexity index is 726. The third kappa shape index (κ3) is 6.96. The second kappa shape index (κ2) is 9.74. The summed E-state index contributed by atoms with van der Waals surface area (Å²) in [5, 5.41) is 5.51. The summed E-state index contributed by atoms with van der Waals surface area (Å²) < 4.78 is 63.8. The normalized spacial score (nSPS) is 17.1. The highest BCUT2D eigenvalue weighted by molar-refractivity contribution is 7.91. The highest BCUT2D eigenvalue weighted by Crippen LogP contribution is 2.27. The molecule has 0 bridgehead atoms. The van der Waals surface area contributed by atoms with Gasteiger partial charge in [-0.15, -0.1) is 11.3 Å². The van der Waals surface area contributed by atoms with Gasteiger partial charge in [0.2, 0.25) is 0 Å². The topological polar surface area (TPSA) is 73.8 Å². The summed E-state index contributed by atoms with van der Waals surface area (Å²) >= 11 is 1.15. The van der Waals surface area contributed by atoms with Crippen molar-refractivity contribution in [3.63, 3.8) is 0 Å². The van der Waals surface area contributed by atoms with Crippen molar-refractivity contribution in [3.8, 4) is 0 Å². The van der Waals surface area contributed by atoms with Crippen molar-refractivity contribution < 1.29 is 21.6 Å². The maximum absolute atomic E-state index is 12.6. The van der Waals surface area contributed by atoms with Gasteiger partial charge in [0.05, 0.1) is 13.0 Å². The van der Waals surface area contributed by atoms with Crippen LogP contribution in [-0.4, -0.2) is 51.0 Å². The van der Waals surface area contributed by atoms with Crippen molar-refractivity contribution in [2.24, 2.45) is 4.99 Å². The molecule has 2 rings (SSSR count). The number of guanidine groups is 1. The molecular formula is C16H25F3N4O2S2. The van der Waals surface area contributed by atoms with E-state index in [1.54, 1.807) is 12.1 Å². The van der Waals surface area contributed by atoms with Crippen LogP contribution >= 0.6 is 11.3 Å². The molecule has 1 fully saturated rings. The Labute approximate surface area is 161 Å². The molecular weight excluding hydrogens is 401 g/mol. The number of nitrogens with zero attached hydrogens (tertiary/aromatic N) is 2. The van der Waals surface area contributed by atoms with E-state index in [0.717, 1.165) is 35.5 Å². The molecule has 0 radical (unpaired) electrons. The zero-order valence-corrected chi connectivity index (χ0v) is 16.8. The van der Waals surface area contributed by atoms with Crippen LogP contribution in [0.2, 0.25) is 0 Å². The van der Waals surface area contributed by atoms with Gasteiger partial charge in [0.1, 0.15) is 4.21 Å². The summed E-state index contributed by atoms with van der Waals surface area (Å²) in [6, 6.07) is 3.27. The van der Waals surface area contributed by atoms with Crippen LogP contribution < -0.4 is 10.6 Å². The van der Waals surface area contributed by atoms with Gasteiger partial charge in [-0.25, -0.2) is 13.4 Å². The Morgan fingerprint density at radius 2 is 1.93 bits per heavy atom. The molecule has 0 unspecified atom stereocenters. The van der Waals surface area contributed by atoms with E-state index in [2.05, 4.69) is 15.6 Å². The number of piperidine rings is 1. The van der Waals surface area contributed by atoms with Gasteiger partial charge in [-0.3, -0.25) is 0 Å². The minimum absolute atomic E-state index is 0.196. The van der Waals surface area contributed by atoms with Gasteiger partial charge in [-0.1, -0.05) is 6.42 Å². The molecule has 1 aromatic rings. The molecule has 11 heteroatoms. The van der Waals surface area contributed by atoms with Crippen molar-refractivity contribution >= 4 is 27.3 Å². The van der Waals surface area contributed by atoms with E-state index >= 15 is 0 Å². The van der Waals surface area contributed by atoms with Gasteiger partial charge in [-0.05, 0) is 31.9 Å². The highest BCUT2D eigenvalue weighted by Gasteiger charge is 2.27.